The molecule has 1 aromatic heterocycles. The Morgan fingerprint density at radius 1 is 1.69 bits per heavy atom. The Balaban J connectivity index is 2.29. The highest BCUT2D eigenvalue weighted by Crippen LogP contribution is 2.21. The van der Waals surface area contributed by atoms with Gasteiger partial charge in [-0.25, -0.2) is 9.37 Å². The molecule has 86 valence electrons. The Morgan fingerprint density at radius 3 is 3.06 bits per heavy atom. The Hall–Kier alpha value is -1.65. The lowest BCUT2D eigenvalue weighted by Gasteiger charge is -2.21. The number of nitrogens with two attached hydrogens (primary N) is 1. The van der Waals surface area contributed by atoms with Crippen LogP contribution in [0.1, 0.15) is 30.1 Å². The minimum Gasteiger partial charge on any atom is -0.383 e. The van der Waals surface area contributed by atoms with Gasteiger partial charge in [0.1, 0.15) is 11.6 Å². The van der Waals surface area contributed by atoms with Crippen molar-refractivity contribution < 1.29 is 9.18 Å². The smallest absolute Gasteiger partial charge is 0.257 e. The number of amides is 1. The number of hydrogen-bond donors (Lipinski definition) is 1. The number of aromatic nitrogens is 1. The first-order valence-corrected chi connectivity index (χ1v) is 5.31. The summed E-state index contributed by atoms with van der Waals surface area (Å²) in [4.78, 5) is 17.4. The fraction of sp³-hybridized carbons (Fsp3) is 0.455. The summed E-state index contributed by atoms with van der Waals surface area (Å²) >= 11 is 0. The van der Waals surface area contributed by atoms with Crippen LogP contribution in [-0.4, -0.2) is 28.4 Å². The zero-order chi connectivity index (χ0) is 11.7. The molecule has 0 spiro atoms. The van der Waals surface area contributed by atoms with Gasteiger partial charge in [0.25, 0.3) is 5.91 Å². The number of anilines is 1. The van der Waals surface area contributed by atoms with Gasteiger partial charge < -0.3 is 10.6 Å². The van der Waals surface area contributed by atoms with E-state index in [1.807, 2.05) is 6.92 Å². The number of nitrogens with zero attached hydrogens (tertiary/aromatic N) is 2. The normalized spacial score (nSPS) is 20.1. The van der Waals surface area contributed by atoms with E-state index in [1.54, 1.807) is 4.90 Å². The Labute approximate surface area is 93.3 Å². The average Bonchev–Trinajstić information content (AvgIpc) is 2.67. The summed E-state index contributed by atoms with van der Waals surface area (Å²) in [6, 6.07) is 1.34. The first-order valence-electron chi connectivity index (χ1n) is 5.31. The molecule has 1 fully saturated rings. The Kier molecular flexibility index (Phi) is 2.77. The predicted molar refractivity (Wildman–Crippen MR) is 58.3 cm³/mol. The van der Waals surface area contributed by atoms with Crippen LogP contribution in [-0.2, 0) is 0 Å². The van der Waals surface area contributed by atoms with Gasteiger partial charge in [-0.15, -0.1) is 0 Å². The largest absolute Gasteiger partial charge is 0.383 e. The summed E-state index contributed by atoms with van der Waals surface area (Å²) < 4.78 is 13.0. The van der Waals surface area contributed by atoms with Gasteiger partial charge in [-0.05, 0) is 25.8 Å². The van der Waals surface area contributed by atoms with E-state index in [2.05, 4.69) is 4.98 Å². The van der Waals surface area contributed by atoms with E-state index < -0.39 is 5.82 Å². The number of carbonyl (C=O) groups excluding carboxylic acids is 1. The third-order valence-corrected chi connectivity index (χ3v) is 2.93. The lowest BCUT2D eigenvalue weighted by Crippen LogP contribution is -2.34. The Bertz CT molecular complexity index is 422. The fourth-order valence-corrected chi connectivity index (χ4v) is 2.01. The van der Waals surface area contributed by atoms with E-state index in [4.69, 9.17) is 5.73 Å². The third kappa shape index (κ3) is 1.85. The summed E-state index contributed by atoms with van der Waals surface area (Å²) in [5.41, 5.74) is 5.74. The molecule has 0 bridgehead atoms. The predicted octanol–water partition coefficient (Wildman–Crippen LogP) is 1.43. The van der Waals surface area contributed by atoms with Crippen LogP contribution in [0, 0.1) is 5.82 Å². The molecule has 2 N–H and O–H groups in total. The molecule has 1 aromatic rings. The standard InChI is InChI=1S/C11H14FN3O/c1-7-3-2-4-15(7)11(16)9-5-8(12)6-14-10(9)13/h5-7H,2-4H2,1H3,(H2,13,14). The van der Waals surface area contributed by atoms with Crippen molar-refractivity contribution in [2.24, 2.45) is 0 Å². The maximum atomic E-state index is 13.0. The second kappa shape index (κ2) is 4.08. The first kappa shape index (κ1) is 10.9. The Morgan fingerprint density at radius 2 is 2.44 bits per heavy atom. The fourth-order valence-electron chi connectivity index (χ4n) is 2.01. The monoisotopic (exact) mass is 223 g/mol. The van der Waals surface area contributed by atoms with Crippen LogP contribution in [0.25, 0.3) is 0 Å². The summed E-state index contributed by atoms with van der Waals surface area (Å²) in [7, 11) is 0. The van der Waals surface area contributed by atoms with Crippen LogP contribution in [0.5, 0.6) is 0 Å². The number of nitrogen functional groups attached to an aromatic ring is 1. The highest BCUT2D eigenvalue weighted by atomic mass is 19.1. The van der Waals surface area contributed by atoms with Gasteiger partial charge in [0.05, 0.1) is 11.8 Å². The molecule has 2 rings (SSSR count). The lowest BCUT2D eigenvalue weighted by atomic mass is 10.2. The van der Waals surface area contributed by atoms with Crippen LogP contribution >= 0.6 is 0 Å². The topological polar surface area (TPSA) is 59.2 Å². The molecule has 1 saturated heterocycles. The molecular weight excluding hydrogens is 209 g/mol. The van der Waals surface area contributed by atoms with Crippen molar-refractivity contribution in [1.29, 1.82) is 0 Å². The van der Waals surface area contributed by atoms with Gasteiger partial charge in [0, 0.05) is 12.6 Å². The average molecular weight is 223 g/mol. The molecular formula is C11H14FN3O. The molecule has 2 heterocycles. The maximum Gasteiger partial charge on any atom is 0.257 e. The van der Waals surface area contributed by atoms with Crippen LogP contribution in [0.15, 0.2) is 12.3 Å². The number of carbonyl (C=O) groups is 1. The van der Waals surface area contributed by atoms with Gasteiger partial charge >= 0.3 is 0 Å². The van der Waals surface area contributed by atoms with Crippen LogP contribution in [0.4, 0.5) is 10.2 Å². The molecule has 0 aromatic carbocycles. The van der Waals surface area contributed by atoms with Crippen LogP contribution in [0.2, 0.25) is 0 Å². The first-order chi connectivity index (χ1) is 7.59. The van der Waals surface area contributed by atoms with Crippen LogP contribution in [0.3, 0.4) is 0 Å². The molecule has 1 atom stereocenters. The SMILES string of the molecule is CC1CCCN1C(=O)c1cc(F)cnc1N. The van der Waals surface area contributed by atoms with Gasteiger partial charge in [0.2, 0.25) is 0 Å². The lowest BCUT2D eigenvalue weighted by molar-refractivity contribution is 0.0747. The van der Waals surface area contributed by atoms with Gasteiger partial charge in [-0.2, -0.15) is 0 Å². The summed E-state index contributed by atoms with van der Waals surface area (Å²) in [6.07, 6.45) is 2.98. The molecule has 16 heavy (non-hydrogen) atoms. The van der Waals surface area contributed by atoms with Crippen molar-refractivity contribution in [3.8, 4) is 0 Å². The molecule has 0 radical (unpaired) electrons. The van der Waals surface area contributed by atoms with E-state index in [-0.39, 0.29) is 23.3 Å². The number of halogens is 1. The molecule has 1 aliphatic rings. The van der Waals surface area contributed by atoms with E-state index in [1.165, 1.54) is 0 Å². The highest BCUT2D eigenvalue weighted by Gasteiger charge is 2.27. The van der Waals surface area contributed by atoms with Crippen molar-refractivity contribution in [3.05, 3.63) is 23.6 Å². The third-order valence-electron chi connectivity index (χ3n) is 2.93. The molecule has 4 nitrogen and oxygen atoms in total. The van der Waals surface area contributed by atoms with E-state index in [9.17, 15) is 9.18 Å². The summed E-state index contributed by atoms with van der Waals surface area (Å²) in [5, 5.41) is 0. The highest BCUT2D eigenvalue weighted by molar-refractivity contribution is 5.98. The van der Waals surface area contributed by atoms with Crippen molar-refractivity contribution >= 4 is 11.7 Å². The summed E-state index contributed by atoms with van der Waals surface area (Å²) in [5.74, 6) is -0.676. The quantitative estimate of drug-likeness (QED) is 0.783. The number of rotatable bonds is 1. The second-order valence-electron chi connectivity index (χ2n) is 4.08. The molecule has 5 heteroatoms. The number of pyridine rings is 1. The van der Waals surface area contributed by atoms with Gasteiger partial charge in [0.15, 0.2) is 0 Å². The zero-order valence-electron chi connectivity index (χ0n) is 9.11. The molecule has 1 amide bonds. The van der Waals surface area contributed by atoms with Gasteiger partial charge in [-0.1, -0.05) is 0 Å². The van der Waals surface area contributed by atoms with Crippen molar-refractivity contribution in [2.45, 2.75) is 25.8 Å². The minimum absolute atomic E-state index is 0.0884. The molecule has 0 aliphatic carbocycles. The summed E-state index contributed by atoms with van der Waals surface area (Å²) in [6.45, 7) is 2.68. The van der Waals surface area contributed by atoms with E-state index in [0.29, 0.717) is 6.54 Å². The van der Waals surface area contributed by atoms with E-state index in [0.717, 1.165) is 25.1 Å². The molecule has 1 aliphatic heterocycles. The van der Waals surface area contributed by atoms with Gasteiger partial charge in [-0.3, -0.25) is 4.79 Å². The van der Waals surface area contributed by atoms with Crippen molar-refractivity contribution in [3.63, 3.8) is 0 Å². The number of hydrogen-bond acceptors (Lipinski definition) is 3. The van der Waals surface area contributed by atoms with Crippen LogP contribution < -0.4 is 5.73 Å². The van der Waals surface area contributed by atoms with Crippen molar-refractivity contribution in [2.75, 3.05) is 12.3 Å². The van der Waals surface area contributed by atoms with E-state index >= 15 is 0 Å². The number of likely N-dealkylation sites (tertiary alicyclic amines) is 1. The maximum absolute atomic E-state index is 13.0. The second-order valence-corrected chi connectivity index (χ2v) is 4.08. The molecule has 0 saturated carbocycles. The minimum atomic E-state index is -0.538. The zero-order valence-corrected chi connectivity index (χ0v) is 9.11. The molecule has 1 unspecified atom stereocenters. The van der Waals surface area contributed by atoms with Crippen molar-refractivity contribution in [1.82, 2.24) is 9.88 Å².